The number of amides is 1. The molecule has 1 aromatic carbocycles. The molecule has 2 aromatic rings. The number of nitrogens with zero attached hydrogens (tertiary/aromatic N) is 2. The van der Waals surface area contributed by atoms with Crippen LogP contribution >= 0.6 is 35.3 Å². The van der Waals surface area contributed by atoms with Crippen LogP contribution in [0, 0.1) is 5.82 Å². The Balaban J connectivity index is 0.00000261. The number of nitrogens with one attached hydrogen (secondary N) is 2. The lowest BCUT2D eigenvalue weighted by atomic mass is 10.1. The molecular weight excluding hydrogens is 478 g/mol. The van der Waals surface area contributed by atoms with Crippen molar-refractivity contribution < 1.29 is 9.18 Å². The molecule has 1 aliphatic heterocycles. The van der Waals surface area contributed by atoms with Gasteiger partial charge in [0, 0.05) is 31.6 Å². The third-order valence-electron chi connectivity index (χ3n) is 4.39. The molecule has 0 bridgehead atoms. The SMILES string of the molecule is CN=C(NCCc1cccc(F)c1)NCC(=O)N1CCc2sccc2C1.I. The monoisotopic (exact) mass is 502 g/mol. The van der Waals surface area contributed by atoms with Crippen molar-refractivity contribution in [2.24, 2.45) is 4.99 Å². The molecule has 0 saturated heterocycles. The molecule has 1 aromatic heterocycles. The fourth-order valence-electron chi connectivity index (χ4n) is 2.97. The molecular formula is C19H24FIN4OS. The molecule has 1 aliphatic rings. The van der Waals surface area contributed by atoms with Gasteiger partial charge < -0.3 is 15.5 Å². The maximum Gasteiger partial charge on any atom is 0.242 e. The quantitative estimate of drug-likeness (QED) is 0.376. The van der Waals surface area contributed by atoms with E-state index in [4.69, 9.17) is 0 Å². The van der Waals surface area contributed by atoms with Crippen molar-refractivity contribution in [2.45, 2.75) is 19.4 Å². The largest absolute Gasteiger partial charge is 0.356 e. The molecule has 8 heteroatoms. The summed E-state index contributed by atoms with van der Waals surface area (Å²) in [6, 6.07) is 8.65. The number of carbonyl (C=O) groups excluding carboxylic acids is 1. The Morgan fingerprint density at radius 1 is 1.33 bits per heavy atom. The van der Waals surface area contributed by atoms with E-state index in [0.717, 1.165) is 18.5 Å². The summed E-state index contributed by atoms with van der Waals surface area (Å²) in [4.78, 5) is 19.8. The molecule has 5 nitrogen and oxygen atoms in total. The lowest BCUT2D eigenvalue weighted by Crippen LogP contribution is -2.46. The maximum absolute atomic E-state index is 13.2. The van der Waals surface area contributed by atoms with Crippen molar-refractivity contribution in [3.05, 3.63) is 57.5 Å². The van der Waals surface area contributed by atoms with Gasteiger partial charge in [0.25, 0.3) is 0 Å². The Kier molecular flexibility index (Phi) is 8.49. The minimum Gasteiger partial charge on any atom is -0.356 e. The number of hydrogen-bond acceptors (Lipinski definition) is 3. The first-order valence-corrected chi connectivity index (χ1v) is 9.55. The number of thiophene rings is 1. The van der Waals surface area contributed by atoms with Crippen LogP contribution in [0.15, 0.2) is 40.7 Å². The van der Waals surface area contributed by atoms with Crippen molar-refractivity contribution in [2.75, 3.05) is 26.7 Å². The van der Waals surface area contributed by atoms with E-state index in [2.05, 4.69) is 27.1 Å². The van der Waals surface area contributed by atoms with Crippen molar-refractivity contribution in [3.63, 3.8) is 0 Å². The summed E-state index contributed by atoms with van der Waals surface area (Å²) in [7, 11) is 1.67. The molecule has 0 fully saturated rings. The van der Waals surface area contributed by atoms with Gasteiger partial charge in [0.15, 0.2) is 5.96 Å². The van der Waals surface area contributed by atoms with E-state index in [0.29, 0.717) is 25.5 Å². The number of benzene rings is 1. The Morgan fingerprint density at radius 2 is 2.19 bits per heavy atom. The zero-order chi connectivity index (χ0) is 18.4. The van der Waals surface area contributed by atoms with E-state index >= 15 is 0 Å². The highest BCUT2D eigenvalue weighted by atomic mass is 127. The zero-order valence-electron chi connectivity index (χ0n) is 15.2. The van der Waals surface area contributed by atoms with Gasteiger partial charge in [-0.25, -0.2) is 4.39 Å². The number of carbonyl (C=O) groups is 1. The summed E-state index contributed by atoms with van der Waals surface area (Å²) in [5.74, 6) is 0.406. The molecule has 0 saturated carbocycles. The van der Waals surface area contributed by atoms with Crippen LogP contribution in [-0.2, 0) is 24.2 Å². The molecule has 2 N–H and O–H groups in total. The van der Waals surface area contributed by atoms with Crippen LogP contribution in [0.25, 0.3) is 0 Å². The average molecular weight is 502 g/mol. The van der Waals surface area contributed by atoms with Crippen LogP contribution < -0.4 is 10.6 Å². The number of rotatable bonds is 5. The summed E-state index contributed by atoms with van der Waals surface area (Å²) in [5.41, 5.74) is 2.18. The van der Waals surface area contributed by atoms with E-state index in [-0.39, 0.29) is 42.2 Å². The van der Waals surface area contributed by atoms with Gasteiger partial charge in [-0.3, -0.25) is 9.79 Å². The van der Waals surface area contributed by atoms with Gasteiger partial charge in [0.1, 0.15) is 5.82 Å². The Labute approximate surface area is 180 Å². The van der Waals surface area contributed by atoms with Crippen LogP contribution in [0.5, 0.6) is 0 Å². The molecule has 0 atom stereocenters. The van der Waals surface area contributed by atoms with Crippen molar-refractivity contribution >= 4 is 47.2 Å². The van der Waals surface area contributed by atoms with Crippen molar-refractivity contribution in [1.82, 2.24) is 15.5 Å². The topological polar surface area (TPSA) is 56.7 Å². The van der Waals surface area contributed by atoms with Crippen molar-refractivity contribution in [3.8, 4) is 0 Å². The standard InChI is InChI=1S/C19H23FN4OS.HI/c1-21-19(22-8-5-14-3-2-4-16(20)11-14)23-12-18(25)24-9-6-17-15(13-24)7-10-26-17;/h2-4,7,10-11H,5-6,8-9,12-13H2,1H3,(H2,21,22,23);1H. The van der Waals surface area contributed by atoms with Crippen LogP contribution in [0.1, 0.15) is 16.0 Å². The van der Waals surface area contributed by atoms with Gasteiger partial charge in [-0.2, -0.15) is 0 Å². The first-order valence-electron chi connectivity index (χ1n) is 8.67. The highest BCUT2D eigenvalue weighted by Gasteiger charge is 2.21. The number of halogens is 2. The average Bonchev–Trinajstić information content (AvgIpc) is 3.12. The highest BCUT2D eigenvalue weighted by molar-refractivity contribution is 14.0. The second-order valence-corrected chi connectivity index (χ2v) is 7.17. The minimum absolute atomic E-state index is 0. The van der Waals surface area contributed by atoms with Gasteiger partial charge in [0.05, 0.1) is 6.54 Å². The van der Waals surface area contributed by atoms with Gasteiger partial charge in [0.2, 0.25) is 5.91 Å². The van der Waals surface area contributed by atoms with E-state index in [9.17, 15) is 9.18 Å². The zero-order valence-corrected chi connectivity index (χ0v) is 18.4. The predicted molar refractivity (Wildman–Crippen MR) is 118 cm³/mol. The van der Waals surface area contributed by atoms with E-state index in [1.807, 2.05) is 11.0 Å². The molecule has 3 rings (SSSR count). The smallest absolute Gasteiger partial charge is 0.242 e. The third-order valence-corrected chi connectivity index (χ3v) is 5.41. The van der Waals surface area contributed by atoms with Gasteiger partial charge in [-0.1, -0.05) is 12.1 Å². The third kappa shape index (κ3) is 6.17. The maximum atomic E-state index is 13.2. The van der Waals surface area contributed by atoms with Gasteiger partial charge in [-0.05, 0) is 47.5 Å². The van der Waals surface area contributed by atoms with E-state index in [1.54, 1.807) is 24.5 Å². The Hall–Kier alpha value is -1.68. The lowest BCUT2D eigenvalue weighted by molar-refractivity contribution is -0.130. The van der Waals surface area contributed by atoms with E-state index in [1.165, 1.54) is 22.6 Å². The van der Waals surface area contributed by atoms with Crippen molar-refractivity contribution in [1.29, 1.82) is 0 Å². The minimum atomic E-state index is -0.231. The highest BCUT2D eigenvalue weighted by Crippen LogP contribution is 2.23. The predicted octanol–water partition coefficient (Wildman–Crippen LogP) is 2.80. The molecule has 0 radical (unpaired) electrons. The number of aliphatic imine (C=N–C) groups is 1. The number of fused-ring (bicyclic) bond motifs is 1. The summed E-state index contributed by atoms with van der Waals surface area (Å²) < 4.78 is 13.2. The summed E-state index contributed by atoms with van der Waals surface area (Å²) in [6.07, 6.45) is 1.61. The Morgan fingerprint density at radius 3 is 2.96 bits per heavy atom. The first-order chi connectivity index (χ1) is 12.7. The van der Waals surface area contributed by atoms with Crippen LogP contribution in [-0.4, -0.2) is 43.4 Å². The molecule has 0 spiro atoms. The lowest BCUT2D eigenvalue weighted by Gasteiger charge is -2.27. The summed E-state index contributed by atoms with van der Waals surface area (Å²) >= 11 is 1.76. The molecule has 146 valence electrons. The molecule has 0 unspecified atom stereocenters. The van der Waals surface area contributed by atoms with Gasteiger partial charge in [-0.15, -0.1) is 35.3 Å². The molecule has 27 heavy (non-hydrogen) atoms. The Bertz CT molecular complexity index is 796. The normalized spacial score (nSPS) is 13.6. The molecule has 1 amide bonds. The van der Waals surface area contributed by atoms with Crippen LogP contribution in [0.2, 0.25) is 0 Å². The summed E-state index contributed by atoms with van der Waals surface area (Å²) in [5, 5.41) is 8.30. The fourth-order valence-corrected chi connectivity index (χ4v) is 3.86. The summed E-state index contributed by atoms with van der Waals surface area (Å²) in [6.45, 7) is 2.27. The first kappa shape index (κ1) is 21.6. The number of hydrogen-bond donors (Lipinski definition) is 2. The second kappa shape index (κ2) is 10.6. The second-order valence-electron chi connectivity index (χ2n) is 6.17. The fraction of sp³-hybridized carbons (Fsp3) is 0.368. The van der Waals surface area contributed by atoms with E-state index < -0.39 is 0 Å². The van der Waals surface area contributed by atoms with Gasteiger partial charge >= 0.3 is 0 Å². The van der Waals surface area contributed by atoms with Crippen LogP contribution in [0.3, 0.4) is 0 Å². The molecule has 0 aliphatic carbocycles. The number of guanidine groups is 1. The molecule has 2 heterocycles. The van der Waals surface area contributed by atoms with Crippen LogP contribution in [0.4, 0.5) is 4.39 Å².